The van der Waals surface area contributed by atoms with E-state index in [0.717, 1.165) is 34.9 Å². The number of aliphatic hydroxyl groups excluding tert-OH is 1. The molecule has 0 unspecified atom stereocenters. The second kappa shape index (κ2) is 4.45. The van der Waals surface area contributed by atoms with Crippen LogP contribution in [0, 0.1) is 0 Å². The smallest absolute Gasteiger partial charge is 0.126 e. The SMILES string of the molecule is C[Si](C)(C)/C(=C1/C2=CCCC[C@]2(O)[C@H]1O)c1ccco1. The Morgan fingerprint density at radius 2 is 2.15 bits per heavy atom. The van der Waals surface area contributed by atoms with Gasteiger partial charge in [-0.05, 0) is 47.7 Å². The minimum absolute atomic E-state index is 0.653. The minimum Gasteiger partial charge on any atom is -0.465 e. The van der Waals surface area contributed by atoms with Gasteiger partial charge in [0.1, 0.15) is 17.5 Å². The van der Waals surface area contributed by atoms with Gasteiger partial charge in [-0.3, -0.25) is 0 Å². The van der Waals surface area contributed by atoms with Crippen molar-refractivity contribution in [1.82, 2.24) is 0 Å². The zero-order valence-electron chi connectivity index (χ0n) is 12.3. The van der Waals surface area contributed by atoms with Gasteiger partial charge in [-0.1, -0.05) is 25.7 Å². The zero-order valence-corrected chi connectivity index (χ0v) is 13.3. The molecule has 2 atom stereocenters. The van der Waals surface area contributed by atoms with Crippen molar-refractivity contribution in [3.63, 3.8) is 0 Å². The van der Waals surface area contributed by atoms with E-state index >= 15 is 0 Å². The zero-order chi connectivity index (χ0) is 14.5. The first-order valence-electron chi connectivity index (χ1n) is 7.25. The highest BCUT2D eigenvalue weighted by Crippen LogP contribution is 2.53. The summed E-state index contributed by atoms with van der Waals surface area (Å²) >= 11 is 0. The van der Waals surface area contributed by atoms with Crippen LogP contribution in [0.4, 0.5) is 0 Å². The maximum Gasteiger partial charge on any atom is 0.126 e. The predicted molar refractivity (Wildman–Crippen MR) is 81.9 cm³/mol. The van der Waals surface area contributed by atoms with Crippen molar-refractivity contribution in [2.45, 2.75) is 50.6 Å². The Morgan fingerprint density at radius 3 is 2.75 bits per heavy atom. The van der Waals surface area contributed by atoms with Crippen LogP contribution in [0.3, 0.4) is 0 Å². The molecule has 4 heteroatoms. The molecular weight excluding hydrogens is 268 g/mol. The van der Waals surface area contributed by atoms with Crippen molar-refractivity contribution < 1.29 is 14.6 Å². The molecule has 1 heterocycles. The van der Waals surface area contributed by atoms with Crippen molar-refractivity contribution in [2.24, 2.45) is 0 Å². The Balaban J connectivity index is 2.18. The molecule has 1 saturated carbocycles. The topological polar surface area (TPSA) is 53.6 Å². The molecule has 0 saturated heterocycles. The van der Waals surface area contributed by atoms with Crippen LogP contribution in [-0.4, -0.2) is 30.0 Å². The van der Waals surface area contributed by atoms with Gasteiger partial charge >= 0.3 is 0 Å². The number of aliphatic hydroxyl groups is 2. The molecule has 108 valence electrons. The van der Waals surface area contributed by atoms with Crippen LogP contribution >= 0.6 is 0 Å². The molecule has 1 fully saturated rings. The third-order valence-electron chi connectivity index (χ3n) is 4.38. The standard InChI is InChI=1S/C16H22O3Si/c1-20(2,3)14(12-8-6-10-19-12)13-11-7-4-5-9-16(11,18)15(13)17/h6-8,10,15,17-18H,4-5,9H2,1-3H3/b14-13-/t15-,16+/m0/s1. The molecular formula is C16H22O3Si. The molecule has 2 aliphatic rings. The minimum atomic E-state index is -1.70. The van der Waals surface area contributed by atoms with Crippen molar-refractivity contribution >= 4 is 13.3 Å². The maximum atomic E-state index is 10.6. The Morgan fingerprint density at radius 1 is 1.40 bits per heavy atom. The van der Waals surface area contributed by atoms with Crippen LogP contribution < -0.4 is 0 Å². The highest BCUT2D eigenvalue weighted by Gasteiger charge is 2.55. The van der Waals surface area contributed by atoms with Crippen molar-refractivity contribution in [2.75, 3.05) is 0 Å². The summed E-state index contributed by atoms with van der Waals surface area (Å²) in [7, 11) is -1.70. The van der Waals surface area contributed by atoms with E-state index in [1.807, 2.05) is 12.1 Å². The number of rotatable bonds is 2. The number of hydrogen-bond donors (Lipinski definition) is 2. The molecule has 0 bridgehead atoms. The van der Waals surface area contributed by atoms with Crippen LogP contribution in [0.5, 0.6) is 0 Å². The first-order chi connectivity index (χ1) is 9.36. The van der Waals surface area contributed by atoms with E-state index in [-0.39, 0.29) is 0 Å². The van der Waals surface area contributed by atoms with E-state index in [4.69, 9.17) is 4.42 Å². The molecule has 2 aliphatic carbocycles. The average Bonchev–Trinajstić information content (AvgIpc) is 2.88. The molecule has 0 radical (unpaired) electrons. The number of allylic oxidation sites excluding steroid dienone is 1. The van der Waals surface area contributed by atoms with Crippen LogP contribution in [0.2, 0.25) is 19.6 Å². The van der Waals surface area contributed by atoms with Gasteiger partial charge in [0.2, 0.25) is 0 Å². The normalized spacial score (nSPS) is 32.2. The highest BCUT2D eigenvalue weighted by atomic mass is 28.3. The van der Waals surface area contributed by atoms with Gasteiger partial charge in [-0.25, -0.2) is 0 Å². The number of fused-ring (bicyclic) bond motifs is 1. The first kappa shape index (κ1) is 13.9. The van der Waals surface area contributed by atoms with E-state index in [9.17, 15) is 10.2 Å². The highest BCUT2D eigenvalue weighted by molar-refractivity contribution is 6.93. The Hall–Kier alpha value is -1.10. The summed E-state index contributed by atoms with van der Waals surface area (Å²) in [6.07, 6.45) is 5.55. The van der Waals surface area contributed by atoms with Crippen molar-refractivity contribution in [1.29, 1.82) is 0 Å². The molecule has 2 N–H and O–H groups in total. The molecule has 0 spiro atoms. The average molecular weight is 290 g/mol. The molecule has 3 rings (SSSR count). The lowest BCUT2D eigenvalue weighted by molar-refractivity contribution is -0.0693. The van der Waals surface area contributed by atoms with Gasteiger partial charge < -0.3 is 14.6 Å². The fourth-order valence-electron chi connectivity index (χ4n) is 3.46. The molecule has 20 heavy (non-hydrogen) atoms. The second-order valence-electron chi connectivity index (χ2n) is 6.85. The number of hydrogen-bond acceptors (Lipinski definition) is 3. The fraction of sp³-hybridized carbons (Fsp3) is 0.500. The monoisotopic (exact) mass is 290 g/mol. The van der Waals surface area contributed by atoms with Gasteiger partial charge in [-0.15, -0.1) is 0 Å². The van der Waals surface area contributed by atoms with Crippen LogP contribution in [0.15, 0.2) is 40.0 Å². The summed E-state index contributed by atoms with van der Waals surface area (Å²) in [5, 5.41) is 22.3. The van der Waals surface area contributed by atoms with E-state index in [2.05, 4.69) is 25.7 Å². The van der Waals surface area contributed by atoms with E-state index < -0.39 is 19.8 Å². The summed E-state index contributed by atoms with van der Waals surface area (Å²) < 4.78 is 5.60. The molecule has 1 aromatic rings. The summed E-state index contributed by atoms with van der Waals surface area (Å²) in [6.45, 7) is 6.72. The summed E-state index contributed by atoms with van der Waals surface area (Å²) in [5.41, 5.74) is 0.830. The lowest BCUT2D eigenvalue weighted by Crippen LogP contribution is -2.58. The Labute approximate surface area is 120 Å². The quantitative estimate of drug-likeness (QED) is 0.823. The molecule has 3 nitrogen and oxygen atoms in total. The van der Waals surface area contributed by atoms with Crippen LogP contribution in [0.25, 0.3) is 5.20 Å². The van der Waals surface area contributed by atoms with Gasteiger partial charge in [0.05, 0.1) is 14.3 Å². The van der Waals surface area contributed by atoms with Gasteiger partial charge in [-0.2, -0.15) is 0 Å². The third-order valence-corrected chi connectivity index (χ3v) is 6.40. The van der Waals surface area contributed by atoms with Crippen molar-refractivity contribution in [3.05, 3.63) is 41.4 Å². The predicted octanol–water partition coefficient (Wildman–Crippen LogP) is 3.13. The Kier molecular flexibility index (Phi) is 3.08. The Bertz CT molecular complexity index is 577. The summed E-state index contributed by atoms with van der Waals surface area (Å²) in [6, 6.07) is 3.83. The van der Waals surface area contributed by atoms with E-state index in [1.54, 1.807) is 6.26 Å². The fourth-order valence-corrected chi connectivity index (χ4v) is 5.42. The first-order valence-corrected chi connectivity index (χ1v) is 10.8. The summed E-state index contributed by atoms with van der Waals surface area (Å²) in [5.74, 6) is 0.840. The van der Waals surface area contributed by atoms with Gasteiger partial charge in [0.25, 0.3) is 0 Å². The largest absolute Gasteiger partial charge is 0.465 e. The van der Waals surface area contributed by atoms with E-state index in [1.165, 1.54) is 0 Å². The second-order valence-corrected chi connectivity index (χ2v) is 11.9. The van der Waals surface area contributed by atoms with E-state index in [0.29, 0.717) is 6.42 Å². The number of furan rings is 1. The lowest BCUT2D eigenvalue weighted by atomic mass is 9.62. The third kappa shape index (κ3) is 1.86. The van der Waals surface area contributed by atoms with Crippen LogP contribution in [-0.2, 0) is 0 Å². The molecule has 1 aromatic heterocycles. The molecule has 0 amide bonds. The maximum absolute atomic E-state index is 10.6. The van der Waals surface area contributed by atoms with Crippen LogP contribution in [0.1, 0.15) is 25.0 Å². The van der Waals surface area contributed by atoms with Gasteiger partial charge in [0, 0.05) is 0 Å². The lowest BCUT2D eigenvalue weighted by Gasteiger charge is -2.51. The van der Waals surface area contributed by atoms with Gasteiger partial charge in [0.15, 0.2) is 0 Å². The summed E-state index contributed by atoms with van der Waals surface area (Å²) in [4.78, 5) is 0. The molecule has 0 aromatic carbocycles. The molecule has 0 aliphatic heterocycles. The van der Waals surface area contributed by atoms with Crippen molar-refractivity contribution in [3.8, 4) is 0 Å².